The number of nitrogens with zero attached hydrogens (tertiary/aromatic N) is 3. The van der Waals surface area contributed by atoms with E-state index >= 15 is 0 Å². The minimum absolute atomic E-state index is 0.129. The highest BCUT2D eigenvalue weighted by Gasteiger charge is 2.15. The van der Waals surface area contributed by atoms with E-state index in [2.05, 4.69) is 42.6 Å². The van der Waals surface area contributed by atoms with Gasteiger partial charge in [-0.05, 0) is 18.3 Å². The summed E-state index contributed by atoms with van der Waals surface area (Å²) in [5.74, 6) is 2.14. The topological polar surface area (TPSA) is 99.9 Å². The Morgan fingerprint density at radius 2 is 1.82 bits per heavy atom. The number of pyridine rings is 1. The van der Waals surface area contributed by atoms with Gasteiger partial charge in [-0.3, -0.25) is 4.98 Å². The van der Waals surface area contributed by atoms with Crippen LogP contribution in [-0.2, 0) is 0 Å². The molecule has 0 saturated carbocycles. The van der Waals surface area contributed by atoms with E-state index in [1.54, 1.807) is 0 Å². The third kappa shape index (κ3) is 3.44. The van der Waals surface area contributed by atoms with E-state index in [4.69, 9.17) is 16.2 Å². The molecule has 118 valence electrons. The third-order valence-electron chi connectivity index (χ3n) is 3.68. The molecule has 2 rings (SSSR count). The molecule has 22 heavy (non-hydrogen) atoms. The monoisotopic (exact) mass is 301 g/mol. The number of ether oxygens (including phenoxy) is 1. The summed E-state index contributed by atoms with van der Waals surface area (Å²) >= 11 is 0. The molecule has 0 aliphatic rings. The van der Waals surface area contributed by atoms with Crippen LogP contribution in [0.5, 0.6) is 11.5 Å². The lowest BCUT2D eigenvalue weighted by Gasteiger charge is -2.17. The Bertz CT molecular complexity index is 657. The Hall–Kier alpha value is -2.37. The quantitative estimate of drug-likeness (QED) is 0.877. The van der Waals surface area contributed by atoms with Crippen molar-refractivity contribution in [1.29, 1.82) is 0 Å². The van der Waals surface area contributed by atoms with Gasteiger partial charge in [0.25, 0.3) is 0 Å². The predicted molar refractivity (Wildman–Crippen MR) is 88.0 cm³/mol. The van der Waals surface area contributed by atoms with Crippen LogP contribution in [0, 0.1) is 0 Å². The average Bonchev–Trinajstić information content (AvgIpc) is 2.49. The molecule has 2 heterocycles. The van der Waals surface area contributed by atoms with Gasteiger partial charge in [0.15, 0.2) is 11.6 Å². The van der Waals surface area contributed by atoms with Crippen molar-refractivity contribution in [2.45, 2.75) is 46.0 Å². The summed E-state index contributed by atoms with van der Waals surface area (Å²) in [7, 11) is 0. The molecule has 0 aromatic carbocycles. The molecule has 2 aromatic rings. The van der Waals surface area contributed by atoms with Gasteiger partial charge in [-0.2, -0.15) is 4.98 Å². The molecule has 6 heteroatoms. The van der Waals surface area contributed by atoms with E-state index in [0.717, 1.165) is 23.4 Å². The van der Waals surface area contributed by atoms with Crippen LogP contribution in [-0.4, -0.2) is 15.0 Å². The van der Waals surface area contributed by atoms with Gasteiger partial charge in [0.2, 0.25) is 5.95 Å². The molecular weight excluding hydrogens is 278 g/mol. The second kappa shape index (κ2) is 6.60. The largest absolute Gasteiger partial charge is 0.451 e. The van der Waals surface area contributed by atoms with Gasteiger partial charge < -0.3 is 16.2 Å². The highest BCUT2D eigenvalue weighted by molar-refractivity contribution is 5.50. The zero-order valence-electron chi connectivity index (χ0n) is 13.5. The van der Waals surface area contributed by atoms with Crippen molar-refractivity contribution in [3.63, 3.8) is 0 Å². The fourth-order valence-electron chi connectivity index (χ4n) is 2.06. The van der Waals surface area contributed by atoms with Gasteiger partial charge >= 0.3 is 0 Å². The first kappa shape index (κ1) is 16.0. The lowest BCUT2D eigenvalue weighted by Crippen LogP contribution is -2.04. The highest BCUT2D eigenvalue weighted by atomic mass is 16.5. The van der Waals surface area contributed by atoms with Crippen LogP contribution in [0.4, 0.5) is 11.8 Å². The number of aromatic nitrogens is 3. The summed E-state index contributed by atoms with van der Waals surface area (Å²) in [6.45, 7) is 8.46. The van der Waals surface area contributed by atoms with Gasteiger partial charge in [-0.15, -0.1) is 0 Å². The summed E-state index contributed by atoms with van der Waals surface area (Å²) in [4.78, 5) is 12.4. The normalized spacial score (nSPS) is 12.4. The maximum Gasteiger partial charge on any atom is 0.222 e. The third-order valence-corrected chi connectivity index (χ3v) is 3.68. The van der Waals surface area contributed by atoms with Crippen molar-refractivity contribution in [3.05, 3.63) is 29.7 Å². The summed E-state index contributed by atoms with van der Waals surface area (Å²) in [5.41, 5.74) is 13.4. The van der Waals surface area contributed by atoms with Crippen molar-refractivity contribution in [1.82, 2.24) is 15.0 Å². The first-order valence-corrected chi connectivity index (χ1v) is 7.48. The lowest BCUT2D eigenvalue weighted by atomic mass is 10.00. The molecule has 0 aliphatic heterocycles. The second-order valence-electron chi connectivity index (χ2n) is 5.69. The van der Waals surface area contributed by atoms with Gasteiger partial charge in [-0.25, -0.2) is 4.98 Å². The van der Waals surface area contributed by atoms with Gasteiger partial charge in [0.1, 0.15) is 5.75 Å². The van der Waals surface area contributed by atoms with Crippen molar-refractivity contribution < 1.29 is 4.74 Å². The first-order chi connectivity index (χ1) is 10.4. The van der Waals surface area contributed by atoms with E-state index in [0.29, 0.717) is 11.7 Å². The zero-order chi connectivity index (χ0) is 16.3. The standard InChI is InChI=1S/C16H23N5O/c1-5-10(4)12-6-13(11(7-19-12)9(2)3)22-14-8-20-16(18)21-15(14)17/h6-10H,5H2,1-4H3,(H4,17,18,20,21)/t10-/m0/s1. The molecule has 0 unspecified atom stereocenters. The Morgan fingerprint density at radius 1 is 1.09 bits per heavy atom. The molecule has 1 atom stereocenters. The minimum Gasteiger partial charge on any atom is -0.451 e. The number of rotatable bonds is 5. The molecule has 0 amide bonds. The number of nitrogen functional groups attached to an aromatic ring is 2. The SMILES string of the molecule is CC[C@H](C)c1cc(Oc2cnc(N)nc2N)c(C(C)C)cn1. The van der Waals surface area contributed by atoms with Crippen LogP contribution in [0.1, 0.15) is 57.2 Å². The molecular formula is C16H23N5O. The van der Waals surface area contributed by atoms with Gasteiger partial charge in [-0.1, -0.05) is 27.7 Å². The Kier molecular flexibility index (Phi) is 4.80. The fraction of sp³-hybridized carbons (Fsp3) is 0.438. The lowest BCUT2D eigenvalue weighted by molar-refractivity contribution is 0.468. The summed E-state index contributed by atoms with van der Waals surface area (Å²) in [5, 5.41) is 0. The fourth-order valence-corrected chi connectivity index (χ4v) is 2.06. The Balaban J connectivity index is 2.42. The van der Waals surface area contributed by atoms with Crippen molar-refractivity contribution in [2.75, 3.05) is 11.5 Å². The predicted octanol–water partition coefficient (Wildman–Crippen LogP) is 3.47. The van der Waals surface area contributed by atoms with E-state index < -0.39 is 0 Å². The van der Waals surface area contributed by atoms with Gasteiger partial charge in [0, 0.05) is 23.5 Å². The molecule has 4 N–H and O–H groups in total. The Labute approximate surface area is 130 Å². The van der Waals surface area contributed by atoms with Crippen LogP contribution in [0.25, 0.3) is 0 Å². The van der Waals surface area contributed by atoms with E-state index in [9.17, 15) is 0 Å². The van der Waals surface area contributed by atoms with Crippen molar-refractivity contribution >= 4 is 11.8 Å². The van der Waals surface area contributed by atoms with Crippen LogP contribution in [0.2, 0.25) is 0 Å². The molecule has 6 nitrogen and oxygen atoms in total. The van der Waals surface area contributed by atoms with Crippen LogP contribution in [0.3, 0.4) is 0 Å². The molecule has 0 radical (unpaired) electrons. The average molecular weight is 301 g/mol. The summed E-state index contributed by atoms with van der Waals surface area (Å²) < 4.78 is 5.95. The van der Waals surface area contributed by atoms with Crippen LogP contribution in [0.15, 0.2) is 18.5 Å². The summed E-state index contributed by atoms with van der Waals surface area (Å²) in [6.07, 6.45) is 4.38. The molecule has 2 aromatic heterocycles. The number of anilines is 2. The van der Waals surface area contributed by atoms with Gasteiger partial charge in [0.05, 0.1) is 6.20 Å². The molecule has 0 fully saturated rings. The number of nitrogens with two attached hydrogens (primary N) is 2. The van der Waals surface area contributed by atoms with Crippen molar-refractivity contribution in [3.8, 4) is 11.5 Å². The van der Waals surface area contributed by atoms with Crippen molar-refractivity contribution in [2.24, 2.45) is 0 Å². The molecule has 0 bridgehead atoms. The summed E-state index contributed by atoms with van der Waals surface area (Å²) in [6, 6.07) is 1.97. The van der Waals surface area contributed by atoms with Crippen LogP contribution >= 0.6 is 0 Å². The van der Waals surface area contributed by atoms with E-state index in [-0.39, 0.29) is 17.7 Å². The molecule has 0 saturated heterocycles. The minimum atomic E-state index is 0.129. The van der Waals surface area contributed by atoms with Crippen LogP contribution < -0.4 is 16.2 Å². The number of hydrogen-bond acceptors (Lipinski definition) is 6. The molecule has 0 spiro atoms. The molecule has 0 aliphatic carbocycles. The van der Waals surface area contributed by atoms with E-state index in [1.165, 1.54) is 6.20 Å². The Morgan fingerprint density at radius 3 is 2.41 bits per heavy atom. The first-order valence-electron chi connectivity index (χ1n) is 7.48. The number of hydrogen-bond donors (Lipinski definition) is 2. The van der Waals surface area contributed by atoms with E-state index in [1.807, 2.05) is 12.3 Å². The maximum absolute atomic E-state index is 5.95. The zero-order valence-corrected chi connectivity index (χ0v) is 13.5. The second-order valence-corrected chi connectivity index (χ2v) is 5.69. The maximum atomic E-state index is 5.95. The smallest absolute Gasteiger partial charge is 0.222 e. The highest BCUT2D eigenvalue weighted by Crippen LogP contribution is 2.34.